The summed E-state index contributed by atoms with van der Waals surface area (Å²) in [7, 11) is 0. The molecule has 1 fully saturated rings. The number of carbonyl (C=O) groups is 2. The van der Waals surface area contributed by atoms with Crippen LogP contribution in [0.4, 0.5) is 0 Å². The molecule has 0 spiro atoms. The molecule has 1 amide bonds. The molecule has 0 unspecified atom stereocenters. The van der Waals surface area contributed by atoms with E-state index in [1.54, 1.807) is 12.1 Å². The summed E-state index contributed by atoms with van der Waals surface area (Å²) in [6.45, 7) is 3.84. The Balaban J connectivity index is 2.07. The average molecular weight is 261 g/mol. The summed E-state index contributed by atoms with van der Waals surface area (Å²) in [5, 5.41) is 11.8. The Morgan fingerprint density at radius 3 is 2.32 bits per heavy atom. The molecule has 102 valence electrons. The lowest BCUT2D eigenvalue weighted by molar-refractivity contribution is -0.139. The first-order valence-corrected chi connectivity index (χ1v) is 6.57. The molecule has 4 nitrogen and oxygen atoms in total. The highest BCUT2D eigenvalue weighted by Gasteiger charge is 2.30. The SMILES string of the molecule is Cc1cc(C)cc(C(=O)N[C@@H](CC2CC2)C(=O)O)c1. The predicted molar refractivity (Wildman–Crippen MR) is 72.1 cm³/mol. The van der Waals surface area contributed by atoms with Gasteiger partial charge >= 0.3 is 5.97 Å². The number of rotatable bonds is 5. The molecule has 4 heteroatoms. The summed E-state index contributed by atoms with van der Waals surface area (Å²) in [4.78, 5) is 23.2. The molecular weight excluding hydrogens is 242 g/mol. The van der Waals surface area contributed by atoms with Crippen molar-refractivity contribution in [3.8, 4) is 0 Å². The Morgan fingerprint density at radius 1 is 1.26 bits per heavy atom. The maximum Gasteiger partial charge on any atom is 0.326 e. The second-order valence-corrected chi connectivity index (χ2v) is 5.42. The molecule has 19 heavy (non-hydrogen) atoms. The van der Waals surface area contributed by atoms with Crippen molar-refractivity contribution >= 4 is 11.9 Å². The van der Waals surface area contributed by atoms with Crippen molar-refractivity contribution in [2.24, 2.45) is 5.92 Å². The fraction of sp³-hybridized carbons (Fsp3) is 0.467. The minimum absolute atomic E-state index is 0.306. The van der Waals surface area contributed by atoms with E-state index in [2.05, 4.69) is 5.32 Å². The number of amides is 1. The fourth-order valence-corrected chi connectivity index (χ4v) is 2.26. The number of carboxylic acid groups (broad SMARTS) is 1. The number of hydrogen-bond acceptors (Lipinski definition) is 2. The molecule has 0 aliphatic heterocycles. The van der Waals surface area contributed by atoms with Gasteiger partial charge in [-0.05, 0) is 38.3 Å². The van der Waals surface area contributed by atoms with Crippen LogP contribution >= 0.6 is 0 Å². The molecule has 0 heterocycles. The number of aryl methyl sites for hydroxylation is 2. The molecule has 0 radical (unpaired) electrons. The zero-order valence-electron chi connectivity index (χ0n) is 11.3. The lowest BCUT2D eigenvalue weighted by atomic mass is 10.1. The summed E-state index contributed by atoms with van der Waals surface area (Å²) in [5.41, 5.74) is 2.53. The van der Waals surface area contributed by atoms with E-state index >= 15 is 0 Å². The number of carbonyl (C=O) groups excluding carboxylic acids is 1. The van der Waals surface area contributed by atoms with Gasteiger partial charge in [0.1, 0.15) is 6.04 Å². The summed E-state index contributed by atoms with van der Waals surface area (Å²) >= 11 is 0. The van der Waals surface area contributed by atoms with Crippen LogP contribution in [0.1, 0.15) is 40.7 Å². The standard InChI is InChI=1S/C15H19NO3/c1-9-5-10(2)7-12(6-9)14(17)16-13(15(18)19)8-11-3-4-11/h5-7,11,13H,3-4,8H2,1-2H3,(H,16,17)(H,18,19)/t13-/m0/s1. The maximum absolute atomic E-state index is 12.1. The molecule has 1 aliphatic carbocycles. The van der Waals surface area contributed by atoms with Crippen LogP contribution in [-0.4, -0.2) is 23.0 Å². The molecule has 1 atom stereocenters. The first-order valence-electron chi connectivity index (χ1n) is 6.57. The van der Waals surface area contributed by atoms with Crippen molar-refractivity contribution in [3.63, 3.8) is 0 Å². The lowest BCUT2D eigenvalue weighted by Gasteiger charge is -2.14. The highest BCUT2D eigenvalue weighted by molar-refractivity contribution is 5.96. The average Bonchev–Trinajstić information content (AvgIpc) is 3.10. The van der Waals surface area contributed by atoms with Crippen molar-refractivity contribution in [3.05, 3.63) is 34.9 Å². The number of benzene rings is 1. The van der Waals surface area contributed by atoms with Crippen LogP contribution in [0, 0.1) is 19.8 Å². The predicted octanol–water partition coefficient (Wildman–Crippen LogP) is 2.29. The smallest absolute Gasteiger partial charge is 0.326 e. The van der Waals surface area contributed by atoms with Gasteiger partial charge in [-0.1, -0.05) is 30.0 Å². The van der Waals surface area contributed by atoms with Gasteiger partial charge in [0.2, 0.25) is 0 Å². The van der Waals surface area contributed by atoms with Gasteiger partial charge in [-0.15, -0.1) is 0 Å². The van der Waals surface area contributed by atoms with Crippen molar-refractivity contribution in [1.82, 2.24) is 5.32 Å². The number of carboxylic acids is 1. The molecule has 1 aromatic rings. The molecule has 1 aromatic carbocycles. The summed E-state index contributed by atoms with van der Waals surface area (Å²) < 4.78 is 0. The monoisotopic (exact) mass is 261 g/mol. The van der Waals surface area contributed by atoms with Crippen LogP contribution in [0.5, 0.6) is 0 Å². The Bertz CT molecular complexity index is 486. The first kappa shape index (κ1) is 13.6. The van der Waals surface area contributed by atoms with E-state index in [9.17, 15) is 9.59 Å². The minimum atomic E-state index is -0.954. The van der Waals surface area contributed by atoms with Crippen molar-refractivity contribution in [1.29, 1.82) is 0 Å². The third-order valence-electron chi connectivity index (χ3n) is 3.35. The van der Waals surface area contributed by atoms with E-state index in [1.165, 1.54) is 0 Å². The topological polar surface area (TPSA) is 66.4 Å². The molecule has 1 aliphatic rings. The highest BCUT2D eigenvalue weighted by Crippen LogP contribution is 2.33. The molecule has 0 bridgehead atoms. The van der Waals surface area contributed by atoms with Crippen molar-refractivity contribution in [2.45, 2.75) is 39.2 Å². The fourth-order valence-electron chi connectivity index (χ4n) is 2.26. The second-order valence-electron chi connectivity index (χ2n) is 5.42. The quantitative estimate of drug-likeness (QED) is 0.854. The van der Waals surface area contributed by atoms with Gasteiger partial charge in [0.05, 0.1) is 0 Å². The van der Waals surface area contributed by atoms with Gasteiger partial charge < -0.3 is 10.4 Å². The van der Waals surface area contributed by atoms with Gasteiger partial charge in [0.15, 0.2) is 0 Å². The number of hydrogen-bond donors (Lipinski definition) is 2. The van der Waals surface area contributed by atoms with Gasteiger partial charge in [-0.3, -0.25) is 4.79 Å². The van der Waals surface area contributed by atoms with E-state index in [1.807, 2.05) is 19.9 Å². The molecule has 1 saturated carbocycles. The summed E-state index contributed by atoms with van der Waals surface area (Å²) in [5.74, 6) is -0.801. The van der Waals surface area contributed by atoms with Crippen LogP contribution in [0.2, 0.25) is 0 Å². The van der Waals surface area contributed by atoms with Gasteiger partial charge in [0.25, 0.3) is 5.91 Å². The Morgan fingerprint density at radius 2 is 1.84 bits per heavy atom. The molecule has 0 saturated heterocycles. The first-order chi connectivity index (χ1) is 8.95. The second kappa shape index (κ2) is 5.43. The highest BCUT2D eigenvalue weighted by atomic mass is 16.4. The Kier molecular flexibility index (Phi) is 3.88. The van der Waals surface area contributed by atoms with E-state index in [-0.39, 0.29) is 5.91 Å². The number of aliphatic carboxylic acids is 1. The zero-order valence-corrected chi connectivity index (χ0v) is 11.3. The minimum Gasteiger partial charge on any atom is -0.480 e. The largest absolute Gasteiger partial charge is 0.480 e. The summed E-state index contributed by atoms with van der Waals surface area (Å²) in [6, 6.07) is 4.76. The van der Waals surface area contributed by atoms with Gasteiger partial charge in [-0.25, -0.2) is 4.79 Å². The number of nitrogens with one attached hydrogen (secondary N) is 1. The normalized spacial score (nSPS) is 15.9. The third kappa shape index (κ3) is 3.81. The van der Waals surface area contributed by atoms with Crippen LogP contribution < -0.4 is 5.32 Å². The molecular formula is C15H19NO3. The molecule has 2 N–H and O–H groups in total. The zero-order chi connectivity index (χ0) is 14.0. The van der Waals surface area contributed by atoms with Crippen LogP contribution in [0.25, 0.3) is 0 Å². The van der Waals surface area contributed by atoms with Crippen molar-refractivity contribution < 1.29 is 14.7 Å². The van der Waals surface area contributed by atoms with Gasteiger partial charge in [-0.2, -0.15) is 0 Å². The third-order valence-corrected chi connectivity index (χ3v) is 3.35. The van der Waals surface area contributed by atoms with Crippen LogP contribution in [0.15, 0.2) is 18.2 Å². The van der Waals surface area contributed by atoms with Gasteiger partial charge in [0, 0.05) is 5.56 Å². The molecule has 0 aromatic heterocycles. The van der Waals surface area contributed by atoms with E-state index < -0.39 is 12.0 Å². The molecule has 2 rings (SSSR count). The Hall–Kier alpha value is -1.84. The van der Waals surface area contributed by atoms with E-state index in [0.29, 0.717) is 17.9 Å². The van der Waals surface area contributed by atoms with Crippen LogP contribution in [0.3, 0.4) is 0 Å². The van der Waals surface area contributed by atoms with E-state index in [4.69, 9.17) is 5.11 Å². The lowest BCUT2D eigenvalue weighted by Crippen LogP contribution is -2.41. The summed E-state index contributed by atoms with van der Waals surface area (Å²) in [6.07, 6.45) is 2.68. The van der Waals surface area contributed by atoms with E-state index in [0.717, 1.165) is 24.0 Å². The van der Waals surface area contributed by atoms with Crippen molar-refractivity contribution in [2.75, 3.05) is 0 Å². The maximum atomic E-state index is 12.1. The Labute approximate surface area is 112 Å². The van der Waals surface area contributed by atoms with Crippen LogP contribution in [-0.2, 0) is 4.79 Å².